The van der Waals surface area contributed by atoms with Crippen molar-refractivity contribution in [3.8, 4) is 0 Å². The fourth-order valence-electron chi connectivity index (χ4n) is 1.82. The third-order valence-electron chi connectivity index (χ3n) is 2.83. The molecule has 86 valence electrons. The predicted octanol–water partition coefficient (Wildman–Crippen LogP) is 2.25. The summed E-state index contributed by atoms with van der Waals surface area (Å²) < 4.78 is 2.26. The van der Waals surface area contributed by atoms with Crippen LogP contribution in [0, 0.1) is 5.92 Å². The fourth-order valence-corrected chi connectivity index (χ4v) is 1.82. The molecule has 3 nitrogen and oxygen atoms in total. The van der Waals surface area contributed by atoms with Crippen molar-refractivity contribution in [1.29, 1.82) is 0 Å². The van der Waals surface area contributed by atoms with Gasteiger partial charge in [-0.25, -0.2) is 4.98 Å². The van der Waals surface area contributed by atoms with Gasteiger partial charge in [-0.15, -0.1) is 0 Å². The van der Waals surface area contributed by atoms with Crippen LogP contribution in [0.1, 0.15) is 39.4 Å². The Bertz CT molecular complexity index is 289. The third kappa shape index (κ3) is 3.06. The number of imidazole rings is 1. The quantitative estimate of drug-likeness (QED) is 0.806. The summed E-state index contributed by atoms with van der Waals surface area (Å²) in [5, 5.41) is 3.36. The normalized spacial score (nSPS) is 13.8. The van der Waals surface area contributed by atoms with Gasteiger partial charge in [0.25, 0.3) is 0 Å². The number of hydrogen-bond acceptors (Lipinski definition) is 2. The van der Waals surface area contributed by atoms with E-state index in [2.05, 4.69) is 48.8 Å². The van der Waals surface area contributed by atoms with Crippen LogP contribution in [-0.4, -0.2) is 22.6 Å². The van der Waals surface area contributed by atoms with Gasteiger partial charge in [0.05, 0.1) is 0 Å². The topological polar surface area (TPSA) is 29.9 Å². The van der Waals surface area contributed by atoms with Crippen LogP contribution in [0.5, 0.6) is 0 Å². The molecule has 1 unspecified atom stereocenters. The van der Waals surface area contributed by atoms with Crippen LogP contribution in [0.3, 0.4) is 0 Å². The second kappa shape index (κ2) is 5.31. The van der Waals surface area contributed by atoms with Gasteiger partial charge in [-0.3, -0.25) is 0 Å². The zero-order valence-corrected chi connectivity index (χ0v) is 10.5. The molecule has 1 heterocycles. The van der Waals surface area contributed by atoms with E-state index in [1.807, 2.05) is 13.2 Å². The molecule has 0 radical (unpaired) electrons. The molecule has 3 heteroatoms. The van der Waals surface area contributed by atoms with E-state index in [1.54, 1.807) is 0 Å². The maximum Gasteiger partial charge on any atom is 0.111 e. The Hall–Kier alpha value is -0.830. The van der Waals surface area contributed by atoms with E-state index < -0.39 is 0 Å². The summed E-state index contributed by atoms with van der Waals surface area (Å²) in [6.45, 7) is 9.85. The molecule has 0 saturated heterocycles. The van der Waals surface area contributed by atoms with E-state index in [1.165, 1.54) is 5.82 Å². The molecule has 0 bridgehead atoms. The van der Waals surface area contributed by atoms with Gasteiger partial charge in [0, 0.05) is 30.9 Å². The van der Waals surface area contributed by atoms with E-state index in [0.717, 1.165) is 6.54 Å². The van der Waals surface area contributed by atoms with Crippen LogP contribution in [0.25, 0.3) is 0 Å². The Balaban J connectivity index is 2.74. The summed E-state index contributed by atoms with van der Waals surface area (Å²) >= 11 is 0. The van der Waals surface area contributed by atoms with Crippen molar-refractivity contribution in [2.45, 2.75) is 46.2 Å². The average molecular weight is 209 g/mol. The molecule has 0 spiro atoms. The zero-order valence-electron chi connectivity index (χ0n) is 10.5. The molecule has 1 rings (SSSR count). The Morgan fingerprint density at radius 3 is 2.47 bits per heavy atom. The van der Waals surface area contributed by atoms with Crippen molar-refractivity contribution in [3.05, 3.63) is 18.2 Å². The van der Waals surface area contributed by atoms with Gasteiger partial charge in [0.15, 0.2) is 0 Å². The molecule has 1 N–H and O–H groups in total. The van der Waals surface area contributed by atoms with Crippen molar-refractivity contribution in [2.75, 3.05) is 7.05 Å². The second-order valence-electron chi connectivity index (χ2n) is 4.73. The minimum Gasteiger partial charge on any atom is -0.333 e. The standard InChI is InChI=1S/C12H23N3/c1-9(2)11(13-5)8-15-7-6-14-12(15)10(3)4/h6-7,9-11,13H,8H2,1-5H3. The molecule has 1 atom stereocenters. The molecule has 0 saturated carbocycles. The summed E-state index contributed by atoms with van der Waals surface area (Å²) in [5.74, 6) is 2.30. The molecule has 1 aromatic heterocycles. The molecule has 1 aromatic rings. The van der Waals surface area contributed by atoms with Crippen LogP contribution >= 0.6 is 0 Å². The Labute approximate surface area is 92.9 Å². The Kier molecular flexibility index (Phi) is 4.33. The summed E-state index contributed by atoms with van der Waals surface area (Å²) in [5.41, 5.74) is 0. The number of hydrogen-bond donors (Lipinski definition) is 1. The van der Waals surface area contributed by atoms with Crippen molar-refractivity contribution in [2.24, 2.45) is 5.92 Å². The highest BCUT2D eigenvalue weighted by Gasteiger charge is 2.14. The maximum absolute atomic E-state index is 4.40. The summed E-state index contributed by atoms with van der Waals surface area (Å²) in [4.78, 5) is 4.40. The van der Waals surface area contributed by atoms with Crippen LogP contribution < -0.4 is 5.32 Å². The van der Waals surface area contributed by atoms with E-state index in [9.17, 15) is 0 Å². The van der Waals surface area contributed by atoms with E-state index in [-0.39, 0.29) is 0 Å². The van der Waals surface area contributed by atoms with Crippen molar-refractivity contribution in [1.82, 2.24) is 14.9 Å². The highest BCUT2D eigenvalue weighted by molar-refractivity contribution is 4.98. The highest BCUT2D eigenvalue weighted by atomic mass is 15.1. The molecule has 0 aliphatic rings. The molecule has 0 fully saturated rings. The zero-order chi connectivity index (χ0) is 11.4. The number of likely N-dealkylation sites (N-methyl/N-ethyl adjacent to an activating group) is 1. The van der Waals surface area contributed by atoms with Crippen molar-refractivity contribution >= 4 is 0 Å². The van der Waals surface area contributed by atoms with Crippen LogP contribution in [-0.2, 0) is 6.54 Å². The second-order valence-corrected chi connectivity index (χ2v) is 4.73. The summed E-state index contributed by atoms with van der Waals surface area (Å²) in [7, 11) is 2.02. The Morgan fingerprint density at radius 2 is 2.00 bits per heavy atom. The first kappa shape index (κ1) is 12.2. The van der Waals surface area contributed by atoms with Gasteiger partial charge >= 0.3 is 0 Å². The number of rotatable bonds is 5. The summed E-state index contributed by atoms with van der Waals surface area (Å²) in [6.07, 6.45) is 3.96. The van der Waals surface area contributed by atoms with Gasteiger partial charge < -0.3 is 9.88 Å². The lowest BCUT2D eigenvalue weighted by Gasteiger charge is -2.22. The lowest BCUT2D eigenvalue weighted by atomic mass is 10.0. The van der Waals surface area contributed by atoms with Crippen molar-refractivity contribution in [3.63, 3.8) is 0 Å². The predicted molar refractivity (Wildman–Crippen MR) is 64.0 cm³/mol. The van der Waals surface area contributed by atoms with E-state index >= 15 is 0 Å². The van der Waals surface area contributed by atoms with Gasteiger partial charge in [-0.2, -0.15) is 0 Å². The van der Waals surface area contributed by atoms with Crippen molar-refractivity contribution < 1.29 is 0 Å². The molecular weight excluding hydrogens is 186 g/mol. The number of nitrogens with one attached hydrogen (secondary N) is 1. The van der Waals surface area contributed by atoms with Crippen LogP contribution in [0.4, 0.5) is 0 Å². The van der Waals surface area contributed by atoms with Gasteiger partial charge in [-0.05, 0) is 13.0 Å². The maximum atomic E-state index is 4.40. The fraction of sp³-hybridized carbons (Fsp3) is 0.750. The monoisotopic (exact) mass is 209 g/mol. The lowest BCUT2D eigenvalue weighted by molar-refractivity contribution is 0.371. The first-order chi connectivity index (χ1) is 7.06. The molecule has 15 heavy (non-hydrogen) atoms. The minimum atomic E-state index is 0.490. The molecule has 0 amide bonds. The largest absolute Gasteiger partial charge is 0.333 e. The smallest absolute Gasteiger partial charge is 0.111 e. The highest BCUT2D eigenvalue weighted by Crippen LogP contribution is 2.13. The van der Waals surface area contributed by atoms with Gasteiger partial charge in [0.1, 0.15) is 5.82 Å². The first-order valence-corrected chi connectivity index (χ1v) is 5.74. The van der Waals surface area contributed by atoms with E-state index in [4.69, 9.17) is 0 Å². The number of nitrogens with zero attached hydrogens (tertiary/aromatic N) is 2. The SMILES string of the molecule is CNC(Cn1ccnc1C(C)C)C(C)C. The third-order valence-corrected chi connectivity index (χ3v) is 2.83. The number of aromatic nitrogens is 2. The van der Waals surface area contributed by atoms with E-state index in [0.29, 0.717) is 17.9 Å². The lowest BCUT2D eigenvalue weighted by Crippen LogP contribution is -2.35. The van der Waals surface area contributed by atoms with Gasteiger partial charge in [0.2, 0.25) is 0 Å². The first-order valence-electron chi connectivity index (χ1n) is 5.74. The minimum absolute atomic E-state index is 0.490. The molecular formula is C12H23N3. The van der Waals surface area contributed by atoms with Crippen LogP contribution in [0.2, 0.25) is 0 Å². The molecule has 0 aliphatic carbocycles. The van der Waals surface area contributed by atoms with Gasteiger partial charge in [-0.1, -0.05) is 27.7 Å². The average Bonchev–Trinajstić information content (AvgIpc) is 2.61. The van der Waals surface area contributed by atoms with Crippen LogP contribution in [0.15, 0.2) is 12.4 Å². The summed E-state index contributed by atoms with van der Waals surface area (Å²) in [6, 6.07) is 0.511. The molecule has 0 aromatic carbocycles. The Morgan fingerprint density at radius 1 is 1.33 bits per heavy atom. The molecule has 0 aliphatic heterocycles.